The van der Waals surface area contributed by atoms with E-state index in [0.717, 1.165) is 30.2 Å². The van der Waals surface area contributed by atoms with Crippen LogP contribution in [0.1, 0.15) is 35.6 Å². The first-order chi connectivity index (χ1) is 13.1. The zero-order valence-corrected chi connectivity index (χ0v) is 18.1. The molecule has 0 aliphatic carbocycles. The number of benzene rings is 2. The molecule has 0 aliphatic rings. The fourth-order valence-corrected chi connectivity index (χ4v) is 4.48. The largest absolute Gasteiger partial charge is 0.354 e. The molecule has 28 heavy (non-hydrogen) atoms. The summed E-state index contributed by atoms with van der Waals surface area (Å²) in [7, 11) is -3.61. The third-order valence-corrected chi connectivity index (χ3v) is 5.94. The fourth-order valence-electron chi connectivity index (χ4n) is 3.26. The Hall–Kier alpha value is -2.34. The minimum Gasteiger partial charge on any atom is -0.354 e. The Labute approximate surface area is 168 Å². The summed E-state index contributed by atoms with van der Waals surface area (Å²) in [6.45, 7) is 7.93. The highest BCUT2D eigenvalue weighted by molar-refractivity contribution is 7.92. The Morgan fingerprint density at radius 2 is 1.75 bits per heavy atom. The highest BCUT2D eigenvalue weighted by Crippen LogP contribution is 2.26. The van der Waals surface area contributed by atoms with E-state index < -0.39 is 16.1 Å². The molecule has 0 aliphatic heterocycles. The molecule has 152 valence electrons. The quantitative estimate of drug-likeness (QED) is 0.687. The van der Waals surface area contributed by atoms with Gasteiger partial charge in [-0.2, -0.15) is 0 Å². The van der Waals surface area contributed by atoms with Crippen LogP contribution in [0, 0.1) is 20.8 Å². The standard InChI is InChI=1S/C22H30N2O3S/c1-16-8-6-9-20(14-16)10-7-13-23-22(25)19(4)24(28(5,26)27)21-15-17(2)11-12-18(21)3/h6,8-9,11-12,14-15,19H,7,10,13H2,1-5H3,(H,23,25)/t19-/m0/s1. The highest BCUT2D eigenvalue weighted by atomic mass is 32.2. The van der Waals surface area contributed by atoms with E-state index in [-0.39, 0.29) is 5.91 Å². The number of anilines is 1. The number of hydrogen-bond donors (Lipinski definition) is 1. The van der Waals surface area contributed by atoms with Crippen molar-refractivity contribution < 1.29 is 13.2 Å². The molecule has 5 nitrogen and oxygen atoms in total. The number of aryl methyl sites for hydroxylation is 4. The van der Waals surface area contributed by atoms with Gasteiger partial charge in [-0.1, -0.05) is 42.0 Å². The lowest BCUT2D eigenvalue weighted by Gasteiger charge is -2.29. The summed E-state index contributed by atoms with van der Waals surface area (Å²) in [6.07, 6.45) is 2.80. The van der Waals surface area contributed by atoms with Crippen molar-refractivity contribution in [2.75, 3.05) is 17.1 Å². The molecule has 0 aromatic heterocycles. The van der Waals surface area contributed by atoms with Crippen LogP contribution in [-0.4, -0.2) is 33.2 Å². The van der Waals surface area contributed by atoms with Gasteiger partial charge in [0.2, 0.25) is 15.9 Å². The van der Waals surface area contributed by atoms with Crippen molar-refractivity contribution >= 4 is 21.6 Å². The van der Waals surface area contributed by atoms with Crippen molar-refractivity contribution in [2.24, 2.45) is 0 Å². The molecule has 6 heteroatoms. The normalized spacial score (nSPS) is 12.5. The van der Waals surface area contributed by atoms with Gasteiger partial charge in [0.15, 0.2) is 0 Å². The number of rotatable bonds is 8. The van der Waals surface area contributed by atoms with Gasteiger partial charge in [-0.25, -0.2) is 8.42 Å². The molecular weight excluding hydrogens is 372 g/mol. The van der Waals surface area contributed by atoms with Gasteiger partial charge in [-0.3, -0.25) is 9.10 Å². The summed E-state index contributed by atoms with van der Waals surface area (Å²) < 4.78 is 26.1. The minimum absolute atomic E-state index is 0.296. The molecule has 2 rings (SSSR count). The number of amides is 1. The molecule has 1 N–H and O–H groups in total. The number of carbonyl (C=O) groups is 1. The second-order valence-corrected chi connectivity index (χ2v) is 9.27. The van der Waals surface area contributed by atoms with E-state index in [4.69, 9.17) is 0 Å². The Kier molecular flexibility index (Phi) is 7.24. The van der Waals surface area contributed by atoms with Crippen LogP contribution in [-0.2, 0) is 21.2 Å². The zero-order chi connectivity index (χ0) is 20.9. The summed E-state index contributed by atoms with van der Waals surface area (Å²) in [5.74, 6) is -0.296. The van der Waals surface area contributed by atoms with Gasteiger partial charge in [-0.05, 0) is 63.3 Å². The maximum Gasteiger partial charge on any atom is 0.243 e. The van der Waals surface area contributed by atoms with Crippen molar-refractivity contribution in [3.8, 4) is 0 Å². The number of nitrogens with one attached hydrogen (secondary N) is 1. The molecule has 1 amide bonds. The number of nitrogens with zero attached hydrogens (tertiary/aromatic N) is 1. The van der Waals surface area contributed by atoms with Crippen LogP contribution in [0.15, 0.2) is 42.5 Å². The minimum atomic E-state index is -3.61. The Bertz CT molecular complexity index is 939. The summed E-state index contributed by atoms with van der Waals surface area (Å²) in [5, 5.41) is 2.88. The van der Waals surface area contributed by atoms with Crippen LogP contribution in [0.5, 0.6) is 0 Å². The summed E-state index contributed by atoms with van der Waals surface area (Å²) in [6, 6.07) is 13.1. The Morgan fingerprint density at radius 3 is 2.39 bits per heavy atom. The first-order valence-corrected chi connectivity index (χ1v) is 11.3. The van der Waals surface area contributed by atoms with E-state index in [2.05, 4.69) is 30.4 Å². The average Bonchev–Trinajstić information content (AvgIpc) is 2.60. The van der Waals surface area contributed by atoms with Crippen LogP contribution in [0.4, 0.5) is 5.69 Å². The topological polar surface area (TPSA) is 66.5 Å². The molecule has 0 spiro atoms. The third kappa shape index (κ3) is 5.83. The number of carbonyl (C=O) groups excluding carboxylic acids is 1. The van der Waals surface area contributed by atoms with Gasteiger partial charge >= 0.3 is 0 Å². The van der Waals surface area contributed by atoms with Crippen LogP contribution in [0.2, 0.25) is 0 Å². The lowest BCUT2D eigenvalue weighted by Crippen LogP contribution is -2.48. The predicted molar refractivity (Wildman–Crippen MR) is 115 cm³/mol. The van der Waals surface area contributed by atoms with Crippen molar-refractivity contribution in [1.82, 2.24) is 5.32 Å². The molecule has 0 bridgehead atoms. The van der Waals surface area contributed by atoms with Crippen molar-refractivity contribution in [1.29, 1.82) is 0 Å². The molecule has 1 atom stereocenters. The number of hydrogen-bond acceptors (Lipinski definition) is 3. The maximum atomic E-state index is 12.6. The van der Waals surface area contributed by atoms with E-state index in [0.29, 0.717) is 12.2 Å². The van der Waals surface area contributed by atoms with E-state index >= 15 is 0 Å². The van der Waals surface area contributed by atoms with Crippen LogP contribution < -0.4 is 9.62 Å². The highest BCUT2D eigenvalue weighted by Gasteiger charge is 2.29. The van der Waals surface area contributed by atoms with Gasteiger partial charge in [0.1, 0.15) is 6.04 Å². The molecule has 2 aromatic carbocycles. The zero-order valence-electron chi connectivity index (χ0n) is 17.3. The van der Waals surface area contributed by atoms with E-state index in [1.165, 1.54) is 15.4 Å². The van der Waals surface area contributed by atoms with E-state index in [1.807, 2.05) is 32.0 Å². The molecule has 0 saturated heterocycles. The fraction of sp³-hybridized carbons (Fsp3) is 0.409. The molecule has 0 heterocycles. The van der Waals surface area contributed by atoms with E-state index in [9.17, 15) is 13.2 Å². The number of sulfonamides is 1. The lowest BCUT2D eigenvalue weighted by molar-refractivity contribution is -0.121. The van der Waals surface area contributed by atoms with E-state index in [1.54, 1.807) is 13.0 Å². The SMILES string of the molecule is Cc1cccc(CCCNC(=O)[C@H](C)N(c2cc(C)ccc2C)S(C)(=O)=O)c1. The van der Waals surface area contributed by atoms with Crippen LogP contribution >= 0.6 is 0 Å². The predicted octanol–water partition coefficient (Wildman–Crippen LogP) is 3.52. The van der Waals surface area contributed by atoms with Gasteiger partial charge in [0.25, 0.3) is 0 Å². The van der Waals surface area contributed by atoms with Crippen LogP contribution in [0.3, 0.4) is 0 Å². The van der Waals surface area contributed by atoms with Crippen molar-refractivity contribution in [3.05, 3.63) is 64.7 Å². The molecule has 0 saturated carbocycles. The Morgan fingerprint density at radius 1 is 1.07 bits per heavy atom. The molecule has 2 aromatic rings. The monoisotopic (exact) mass is 402 g/mol. The van der Waals surface area contributed by atoms with Crippen molar-refractivity contribution in [3.63, 3.8) is 0 Å². The van der Waals surface area contributed by atoms with Crippen molar-refractivity contribution in [2.45, 2.75) is 46.6 Å². The smallest absolute Gasteiger partial charge is 0.243 e. The summed E-state index contributed by atoms with van der Waals surface area (Å²) >= 11 is 0. The molecule has 0 fully saturated rings. The molecule has 0 unspecified atom stereocenters. The van der Waals surface area contributed by atoms with Gasteiger partial charge in [-0.15, -0.1) is 0 Å². The Balaban J connectivity index is 2.04. The van der Waals surface area contributed by atoms with Gasteiger partial charge < -0.3 is 5.32 Å². The summed E-state index contributed by atoms with van der Waals surface area (Å²) in [5.41, 5.74) is 4.75. The lowest BCUT2D eigenvalue weighted by atomic mass is 10.1. The average molecular weight is 403 g/mol. The summed E-state index contributed by atoms with van der Waals surface area (Å²) in [4.78, 5) is 12.6. The second-order valence-electron chi connectivity index (χ2n) is 7.41. The van der Waals surface area contributed by atoms with Gasteiger partial charge in [0.05, 0.1) is 11.9 Å². The first kappa shape index (κ1) is 22.0. The first-order valence-electron chi connectivity index (χ1n) is 9.49. The maximum absolute atomic E-state index is 12.6. The second kappa shape index (κ2) is 9.24. The molecular formula is C22H30N2O3S. The van der Waals surface area contributed by atoms with Gasteiger partial charge in [0, 0.05) is 6.54 Å². The van der Waals surface area contributed by atoms with Crippen LogP contribution in [0.25, 0.3) is 0 Å². The third-order valence-electron chi connectivity index (χ3n) is 4.71. The molecule has 0 radical (unpaired) electrons.